The van der Waals surface area contributed by atoms with Crippen LogP contribution in [0.15, 0.2) is 41.8 Å². The summed E-state index contributed by atoms with van der Waals surface area (Å²) in [5.74, 6) is -0.243. The zero-order valence-electron chi connectivity index (χ0n) is 16.1. The Morgan fingerprint density at radius 3 is 2.25 bits per heavy atom. The number of thiophene rings is 1. The Balaban J connectivity index is 2.11. The highest BCUT2D eigenvalue weighted by atomic mass is 32.1. The maximum atomic E-state index is 12.7. The van der Waals surface area contributed by atoms with E-state index in [2.05, 4.69) is 10.6 Å². The van der Waals surface area contributed by atoms with E-state index in [1.165, 1.54) is 25.4 Å². The third-order valence-electron chi connectivity index (χ3n) is 4.11. The number of amides is 2. The highest BCUT2D eigenvalue weighted by Crippen LogP contribution is 2.24. The molecule has 0 saturated heterocycles. The van der Waals surface area contributed by atoms with Gasteiger partial charge in [-0.25, -0.2) is 0 Å². The van der Waals surface area contributed by atoms with E-state index in [1.807, 2.05) is 17.5 Å². The lowest BCUT2D eigenvalue weighted by molar-refractivity contribution is -0.141. The largest absolute Gasteiger partial charge is 0.497 e. The highest BCUT2D eigenvalue weighted by Gasteiger charge is 2.23. The number of nitrogens with one attached hydrogen (secondary N) is 2. The molecule has 8 heteroatoms. The van der Waals surface area contributed by atoms with Gasteiger partial charge in [0.25, 0.3) is 0 Å². The molecule has 2 atom stereocenters. The molecule has 150 valence electrons. The van der Waals surface area contributed by atoms with Crippen LogP contribution >= 0.6 is 11.3 Å². The van der Waals surface area contributed by atoms with E-state index in [0.29, 0.717) is 5.75 Å². The molecule has 2 N–H and O–H groups in total. The summed E-state index contributed by atoms with van der Waals surface area (Å²) < 4.78 is 9.87. The molecule has 2 unspecified atom stereocenters. The number of esters is 1. The Kier molecular flexibility index (Phi) is 8.01. The average Bonchev–Trinajstić information content (AvgIpc) is 3.21. The second kappa shape index (κ2) is 10.5. The molecule has 0 aliphatic carbocycles. The number of ether oxygens (including phenoxy) is 2. The smallest absolute Gasteiger partial charge is 0.307 e. The third-order valence-corrected chi connectivity index (χ3v) is 5.09. The van der Waals surface area contributed by atoms with E-state index in [1.54, 1.807) is 31.4 Å². The molecule has 0 fully saturated rings. The molecule has 2 amide bonds. The lowest BCUT2D eigenvalue weighted by Crippen LogP contribution is -2.35. The first-order valence-electron chi connectivity index (χ1n) is 8.73. The van der Waals surface area contributed by atoms with Crippen LogP contribution in [-0.4, -0.2) is 32.0 Å². The summed E-state index contributed by atoms with van der Waals surface area (Å²) in [5, 5.41) is 7.55. The van der Waals surface area contributed by atoms with E-state index in [4.69, 9.17) is 9.47 Å². The number of hydrogen-bond donors (Lipinski definition) is 2. The first kappa shape index (κ1) is 21.4. The van der Waals surface area contributed by atoms with Gasteiger partial charge in [-0.3, -0.25) is 14.4 Å². The van der Waals surface area contributed by atoms with Gasteiger partial charge in [-0.05, 0) is 29.1 Å². The van der Waals surface area contributed by atoms with Crippen LogP contribution in [0.4, 0.5) is 0 Å². The Bertz CT molecular complexity index is 789. The van der Waals surface area contributed by atoms with Crippen LogP contribution < -0.4 is 15.4 Å². The van der Waals surface area contributed by atoms with Gasteiger partial charge in [-0.15, -0.1) is 11.3 Å². The number of hydrogen-bond acceptors (Lipinski definition) is 6. The maximum absolute atomic E-state index is 12.7. The summed E-state index contributed by atoms with van der Waals surface area (Å²) in [5.41, 5.74) is 0.784. The quantitative estimate of drug-likeness (QED) is 0.627. The van der Waals surface area contributed by atoms with Crippen LogP contribution in [0.1, 0.15) is 42.3 Å². The van der Waals surface area contributed by atoms with Crippen LogP contribution in [-0.2, 0) is 19.1 Å². The summed E-state index contributed by atoms with van der Waals surface area (Å²) >= 11 is 1.45. The predicted molar refractivity (Wildman–Crippen MR) is 106 cm³/mol. The normalized spacial score (nSPS) is 12.5. The molecule has 0 saturated carbocycles. The second-order valence-electron chi connectivity index (χ2n) is 6.15. The molecule has 1 aromatic carbocycles. The number of rotatable bonds is 9. The van der Waals surface area contributed by atoms with Gasteiger partial charge >= 0.3 is 5.97 Å². The van der Waals surface area contributed by atoms with Crippen LogP contribution in [0, 0.1) is 0 Å². The lowest BCUT2D eigenvalue weighted by atomic mass is 10.0. The van der Waals surface area contributed by atoms with Crippen molar-refractivity contribution in [2.24, 2.45) is 0 Å². The van der Waals surface area contributed by atoms with E-state index in [0.717, 1.165) is 10.4 Å². The molecule has 28 heavy (non-hydrogen) atoms. The van der Waals surface area contributed by atoms with E-state index in [9.17, 15) is 14.4 Å². The zero-order valence-corrected chi connectivity index (χ0v) is 16.9. The summed E-state index contributed by atoms with van der Waals surface area (Å²) in [6.07, 6.45) is 0.0745. The van der Waals surface area contributed by atoms with Crippen LogP contribution in [0.25, 0.3) is 0 Å². The minimum atomic E-state index is -0.495. The molecular formula is C20H24N2O5S. The van der Waals surface area contributed by atoms with Crippen LogP contribution in [0.5, 0.6) is 5.75 Å². The number of benzene rings is 1. The van der Waals surface area contributed by atoms with E-state index < -0.39 is 18.1 Å². The Labute approximate surface area is 168 Å². The van der Waals surface area contributed by atoms with Gasteiger partial charge < -0.3 is 20.1 Å². The van der Waals surface area contributed by atoms with Gasteiger partial charge in [-0.2, -0.15) is 0 Å². The molecule has 0 bridgehead atoms. The highest BCUT2D eigenvalue weighted by molar-refractivity contribution is 7.10. The fourth-order valence-electron chi connectivity index (χ4n) is 2.73. The average molecular weight is 404 g/mol. The molecule has 0 aliphatic rings. The molecule has 0 aliphatic heterocycles. The predicted octanol–water partition coefficient (Wildman–Crippen LogP) is 2.74. The van der Waals surface area contributed by atoms with Crippen molar-refractivity contribution in [1.29, 1.82) is 0 Å². The molecule has 1 heterocycles. The number of carbonyl (C=O) groups is 3. The minimum Gasteiger partial charge on any atom is -0.497 e. The molecule has 2 aromatic rings. The van der Waals surface area contributed by atoms with E-state index >= 15 is 0 Å². The zero-order chi connectivity index (χ0) is 20.5. The van der Waals surface area contributed by atoms with Gasteiger partial charge in [-0.1, -0.05) is 18.2 Å². The summed E-state index contributed by atoms with van der Waals surface area (Å²) in [4.78, 5) is 36.8. The van der Waals surface area contributed by atoms with Gasteiger partial charge in [0.2, 0.25) is 11.8 Å². The van der Waals surface area contributed by atoms with Crippen LogP contribution in [0.3, 0.4) is 0 Å². The first-order valence-corrected chi connectivity index (χ1v) is 9.61. The van der Waals surface area contributed by atoms with Crippen molar-refractivity contribution in [3.63, 3.8) is 0 Å². The number of methoxy groups -OCH3 is 2. The molecule has 7 nitrogen and oxygen atoms in total. The van der Waals surface area contributed by atoms with Gasteiger partial charge in [0, 0.05) is 11.8 Å². The van der Waals surface area contributed by atoms with E-state index in [-0.39, 0.29) is 24.7 Å². The lowest BCUT2D eigenvalue weighted by Gasteiger charge is -2.21. The first-order chi connectivity index (χ1) is 13.4. The maximum Gasteiger partial charge on any atom is 0.307 e. The Morgan fingerprint density at radius 2 is 1.71 bits per heavy atom. The molecule has 0 spiro atoms. The standard InChI is InChI=1S/C20H24N2O5S/c1-13(23)21-16(14-6-8-15(26-2)9-7-14)11-19(24)22-17(12-20(25)27-3)18-5-4-10-28-18/h4-10,16-17H,11-12H2,1-3H3,(H,21,23)(H,22,24). The molecule has 0 radical (unpaired) electrons. The van der Waals surface area contributed by atoms with Gasteiger partial charge in [0.1, 0.15) is 5.75 Å². The topological polar surface area (TPSA) is 93.7 Å². The van der Waals surface area contributed by atoms with Crippen molar-refractivity contribution in [2.45, 2.75) is 31.8 Å². The van der Waals surface area contributed by atoms with Gasteiger partial charge in [0.05, 0.1) is 39.1 Å². The van der Waals surface area contributed by atoms with Crippen molar-refractivity contribution < 1.29 is 23.9 Å². The molecule has 1 aromatic heterocycles. The van der Waals surface area contributed by atoms with Gasteiger partial charge in [0.15, 0.2) is 0 Å². The van der Waals surface area contributed by atoms with Crippen molar-refractivity contribution in [3.05, 3.63) is 52.2 Å². The fourth-order valence-corrected chi connectivity index (χ4v) is 3.51. The third kappa shape index (κ3) is 6.38. The van der Waals surface area contributed by atoms with Crippen molar-refractivity contribution in [1.82, 2.24) is 10.6 Å². The second-order valence-corrected chi connectivity index (χ2v) is 7.13. The van der Waals surface area contributed by atoms with Crippen molar-refractivity contribution in [3.8, 4) is 5.75 Å². The van der Waals surface area contributed by atoms with Crippen molar-refractivity contribution >= 4 is 29.1 Å². The van der Waals surface area contributed by atoms with Crippen molar-refractivity contribution in [2.75, 3.05) is 14.2 Å². The summed E-state index contributed by atoms with van der Waals surface area (Å²) in [6, 6.07) is 9.89. The molecular weight excluding hydrogens is 380 g/mol. The van der Waals surface area contributed by atoms with Crippen LogP contribution in [0.2, 0.25) is 0 Å². The fraction of sp³-hybridized carbons (Fsp3) is 0.350. The summed E-state index contributed by atoms with van der Waals surface area (Å²) in [7, 11) is 2.88. The minimum absolute atomic E-state index is 0.0367. The SMILES string of the molecule is COC(=O)CC(NC(=O)CC(NC(C)=O)c1ccc(OC)cc1)c1cccs1. The molecule has 2 rings (SSSR count). The number of carbonyl (C=O) groups excluding carboxylic acids is 3. The summed E-state index contributed by atoms with van der Waals surface area (Å²) in [6.45, 7) is 1.40. The Hall–Kier alpha value is -2.87. The Morgan fingerprint density at radius 1 is 1.00 bits per heavy atom. The monoisotopic (exact) mass is 404 g/mol.